The van der Waals surface area contributed by atoms with E-state index in [-0.39, 0.29) is 21.3 Å². The van der Waals surface area contributed by atoms with Gasteiger partial charge < -0.3 is 4.74 Å². The van der Waals surface area contributed by atoms with E-state index >= 15 is 0 Å². The largest absolute Gasteiger partial charge is 0.455 e. The van der Waals surface area contributed by atoms with Crippen LogP contribution in [0, 0.1) is 11.3 Å². The summed E-state index contributed by atoms with van der Waals surface area (Å²) in [7, 11) is -3.94. The van der Waals surface area contributed by atoms with Crippen LogP contribution in [0.15, 0.2) is 71.9 Å². The Labute approximate surface area is 218 Å². The Kier molecular flexibility index (Phi) is 6.89. The van der Waals surface area contributed by atoms with Crippen LogP contribution in [0.3, 0.4) is 0 Å². The van der Waals surface area contributed by atoms with E-state index in [1.807, 2.05) is 24.3 Å². The molecule has 1 N–H and O–H groups in total. The minimum atomic E-state index is -3.94. The highest BCUT2D eigenvalue weighted by Crippen LogP contribution is 2.37. The first kappa shape index (κ1) is 24.2. The smallest absolute Gasteiger partial charge is 0.263 e. The lowest BCUT2D eigenvalue weighted by atomic mass is 10.0. The van der Waals surface area contributed by atoms with E-state index in [0.29, 0.717) is 10.8 Å². The van der Waals surface area contributed by atoms with Gasteiger partial charge in [-0.3, -0.25) is 9.62 Å². The van der Waals surface area contributed by atoms with Crippen molar-refractivity contribution in [3.05, 3.63) is 83.1 Å². The molecule has 5 rings (SSSR count). The van der Waals surface area contributed by atoms with E-state index in [0.717, 1.165) is 42.3 Å². The third-order valence-electron chi connectivity index (χ3n) is 5.72. The van der Waals surface area contributed by atoms with Gasteiger partial charge in [-0.25, -0.2) is 13.4 Å². The van der Waals surface area contributed by atoms with Crippen LogP contribution in [0.25, 0.3) is 11.1 Å². The highest BCUT2D eigenvalue weighted by molar-refractivity contribution is 7.93. The average molecular weight is 538 g/mol. The SMILES string of the molecule is N#Cc1cc(S(=O)(=O)Nc2ncns2)ccc1Oc1ccc(Cl)cc1-c1cccc(CN2CCC2)c1. The van der Waals surface area contributed by atoms with Crippen LogP contribution >= 0.6 is 23.1 Å². The van der Waals surface area contributed by atoms with Crippen LogP contribution in [-0.2, 0) is 16.6 Å². The topological polar surface area (TPSA) is 108 Å². The Bertz CT molecular complexity index is 1550. The van der Waals surface area contributed by atoms with Gasteiger partial charge in [-0.1, -0.05) is 29.8 Å². The van der Waals surface area contributed by atoms with Gasteiger partial charge in [0.15, 0.2) is 0 Å². The number of aromatic nitrogens is 2. The number of benzene rings is 3. The Hall–Kier alpha value is -3.49. The van der Waals surface area contributed by atoms with E-state index in [2.05, 4.69) is 31.1 Å². The highest BCUT2D eigenvalue weighted by atomic mass is 35.5. The van der Waals surface area contributed by atoms with E-state index in [1.165, 1.54) is 36.5 Å². The molecule has 1 aliphatic heterocycles. The molecule has 182 valence electrons. The second-order valence-corrected chi connectivity index (χ2v) is 11.1. The molecule has 0 radical (unpaired) electrons. The monoisotopic (exact) mass is 537 g/mol. The first-order valence-corrected chi connectivity index (χ1v) is 13.7. The first-order chi connectivity index (χ1) is 17.4. The Morgan fingerprint density at radius 2 is 1.94 bits per heavy atom. The molecule has 2 heterocycles. The number of likely N-dealkylation sites (tertiary alicyclic amines) is 1. The second-order valence-electron chi connectivity index (χ2n) is 8.19. The molecule has 0 saturated carbocycles. The Balaban J connectivity index is 1.45. The summed E-state index contributed by atoms with van der Waals surface area (Å²) in [6.07, 6.45) is 2.48. The fourth-order valence-electron chi connectivity index (χ4n) is 3.82. The van der Waals surface area contributed by atoms with Gasteiger partial charge in [-0.05, 0) is 73.1 Å². The predicted octanol–water partition coefficient (Wildman–Crippen LogP) is 5.53. The van der Waals surface area contributed by atoms with Crippen molar-refractivity contribution in [1.29, 1.82) is 5.26 Å². The summed E-state index contributed by atoms with van der Waals surface area (Å²) < 4.78 is 37.7. The summed E-state index contributed by atoms with van der Waals surface area (Å²) in [6, 6.07) is 19.6. The number of hydrogen-bond acceptors (Lipinski definition) is 8. The van der Waals surface area contributed by atoms with Crippen molar-refractivity contribution >= 4 is 38.3 Å². The lowest BCUT2D eigenvalue weighted by molar-refractivity contribution is 0.172. The summed E-state index contributed by atoms with van der Waals surface area (Å²) in [5.41, 5.74) is 2.96. The second kappa shape index (κ2) is 10.2. The van der Waals surface area contributed by atoms with Crippen LogP contribution in [-0.4, -0.2) is 35.8 Å². The molecule has 1 saturated heterocycles. The van der Waals surface area contributed by atoms with Crippen molar-refractivity contribution in [3.8, 4) is 28.7 Å². The zero-order valence-corrected chi connectivity index (χ0v) is 21.3. The summed E-state index contributed by atoms with van der Waals surface area (Å²) in [4.78, 5) is 6.12. The van der Waals surface area contributed by atoms with Crippen molar-refractivity contribution in [2.24, 2.45) is 0 Å². The molecule has 11 heteroatoms. The summed E-state index contributed by atoms with van der Waals surface area (Å²) in [6.45, 7) is 3.09. The molecule has 8 nitrogen and oxygen atoms in total. The molecule has 3 aromatic carbocycles. The summed E-state index contributed by atoms with van der Waals surface area (Å²) >= 11 is 7.23. The molecular weight excluding hydrogens is 518 g/mol. The lowest BCUT2D eigenvalue weighted by Gasteiger charge is -2.30. The predicted molar refractivity (Wildman–Crippen MR) is 139 cm³/mol. The fraction of sp³-hybridized carbons (Fsp3) is 0.160. The van der Waals surface area contributed by atoms with Crippen LogP contribution in [0.2, 0.25) is 5.02 Å². The molecule has 0 aliphatic carbocycles. The number of ether oxygens (including phenoxy) is 1. The number of hydrogen-bond donors (Lipinski definition) is 1. The lowest BCUT2D eigenvalue weighted by Crippen LogP contribution is -2.36. The number of sulfonamides is 1. The van der Waals surface area contributed by atoms with Crippen molar-refractivity contribution in [2.45, 2.75) is 17.9 Å². The van der Waals surface area contributed by atoms with Gasteiger partial charge in [0.05, 0.1) is 10.5 Å². The molecular formula is C25H20ClN5O3S2. The zero-order chi connectivity index (χ0) is 25.1. The van der Waals surface area contributed by atoms with Crippen molar-refractivity contribution < 1.29 is 13.2 Å². The maximum atomic E-state index is 12.7. The van der Waals surface area contributed by atoms with E-state index in [1.54, 1.807) is 12.1 Å². The molecule has 36 heavy (non-hydrogen) atoms. The number of anilines is 1. The van der Waals surface area contributed by atoms with E-state index in [9.17, 15) is 13.7 Å². The van der Waals surface area contributed by atoms with E-state index in [4.69, 9.17) is 16.3 Å². The Morgan fingerprint density at radius 3 is 2.67 bits per heavy atom. The zero-order valence-electron chi connectivity index (χ0n) is 18.9. The number of halogens is 1. The van der Waals surface area contributed by atoms with Gasteiger partial charge in [0, 0.05) is 28.7 Å². The molecule has 1 aromatic heterocycles. The average Bonchev–Trinajstić information content (AvgIpc) is 3.35. The van der Waals surface area contributed by atoms with Gasteiger partial charge in [0.1, 0.15) is 23.9 Å². The normalized spacial score (nSPS) is 13.6. The van der Waals surface area contributed by atoms with Gasteiger partial charge in [-0.15, -0.1) is 0 Å². The van der Waals surface area contributed by atoms with Gasteiger partial charge in [0.2, 0.25) is 5.13 Å². The number of nitrogens with zero attached hydrogens (tertiary/aromatic N) is 4. The quantitative estimate of drug-likeness (QED) is 0.315. The van der Waals surface area contributed by atoms with Crippen LogP contribution in [0.5, 0.6) is 11.5 Å². The molecule has 0 amide bonds. The van der Waals surface area contributed by atoms with Gasteiger partial charge in [-0.2, -0.15) is 9.64 Å². The van der Waals surface area contributed by atoms with Crippen LogP contribution < -0.4 is 9.46 Å². The molecule has 0 spiro atoms. The summed E-state index contributed by atoms with van der Waals surface area (Å²) in [5.74, 6) is 0.729. The third-order valence-corrected chi connectivity index (χ3v) is 8.00. The molecule has 0 unspecified atom stereocenters. The van der Waals surface area contributed by atoms with Gasteiger partial charge in [0.25, 0.3) is 10.0 Å². The van der Waals surface area contributed by atoms with Gasteiger partial charge >= 0.3 is 0 Å². The molecule has 0 atom stereocenters. The number of rotatable bonds is 8. The van der Waals surface area contributed by atoms with Crippen LogP contribution in [0.1, 0.15) is 17.5 Å². The number of nitrogens with one attached hydrogen (secondary N) is 1. The van der Waals surface area contributed by atoms with E-state index < -0.39 is 10.0 Å². The fourth-order valence-corrected chi connectivity index (χ4v) is 5.67. The Morgan fingerprint density at radius 1 is 1.11 bits per heavy atom. The molecule has 1 fully saturated rings. The van der Waals surface area contributed by atoms with Crippen molar-refractivity contribution in [3.63, 3.8) is 0 Å². The maximum Gasteiger partial charge on any atom is 0.263 e. The van der Waals surface area contributed by atoms with Crippen molar-refractivity contribution in [2.75, 3.05) is 17.8 Å². The summed E-state index contributed by atoms with van der Waals surface area (Å²) in [5, 5.41) is 10.4. The minimum absolute atomic E-state index is 0.0718. The van der Waals surface area contributed by atoms with Crippen molar-refractivity contribution in [1.82, 2.24) is 14.3 Å². The molecule has 0 bridgehead atoms. The standard InChI is InChI=1S/C25H20ClN5O3S2/c26-20-5-7-24(22(13-20)18-4-1-3-17(11-18)15-31-9-2-10-31)34-23-8-6-21(12-19(23)14-27)36(32,33)30-25-28-16-29-35-25/h1,3-8,11-13,16H,2,9-10,15H2,(H,28,29,30). The third kappa shape index (κ3) is 5.34. The minimum Gasteiger partial charge on any atom is -0.455 e. The maximum absolute atomic E-state index is 12.7. The molecule has 4 aromatic rings. The number of nitriles is 1. The first-order valence-electron chi connectivity index (χ1n) is 11.0. The van der Waals surface area contributed by atoms with Crippen LogP contribution in [0.4, 0.5) is 5.13 Å². The highest BCUT2D eigenvalue weighted by Gasteiger charge is 2.20. The molecule has 1 aliphatic rings.